The molecule has 2 aromatic rings. The van der Waals surface area contributed by atoms with Gasteiger partial charge in [-0.2, -0.15) is 13.2 Å². The van der Waals surface area contributed by atoms with Gasteiger partial charge < -0.3 is 15.7 Å². The van der Waals surface area contributed by atoms with Crippen molar-refractivity contribution in [2.24, 2.45) is 5.73 Å². The second kappa shape index (κ2) is 6.18. The Morgan fingerprint density at radius 3 is 2.80 bits per heavy atom. The number of alkyl halides is 3. The van der Waals surface area contributed by atoms with Crippen molar-refractivity contribution in [2.75, 3.05) is 18.0 Å². The molecule has 134 valence electrons. The molecule has 0 aliphatic carbocycles. The molecule has 0 bridgehead atoms. The van der Waals surface area contributed by atoms with Gasteiger partial charge in [0.05, 0.1) is 23.1 Å². The summed E-state index contributed by atoms with van der Waals surface area (Å²) in [4.78, 5) is 17.1. The van der Waals surface area contributed by atoms with E-state index in [9.17, 15) is 23.1 Å². The van der Waals surface area contributed by atoms with Crippen molar-refractivity contribution < 1.29 is 23.1 Å². The number of primary amides is 1. The van der Waals surface area contributed by atoms with Crippen LogP contribution in [0.3, 0.4) is 0 Å². The number of benzene rings is 1. The van der Waals surface area contributed by atoms with Gasteiger partial charge in [-0.25, -0.2) is 0 Å². The molecule has 8 heteroatoms. The molecule has 3 N–H and O–H groups in total. The Bertz CT molecular complexity index is 809. The number of anilines is 1. The largest absolute Gasteiger partial charge is 0.416 e. The fourth-order valence-electron chi connectivity index (χ4n) is 3.37. The zero-order valence-corrected chi connectivity index (χ0v) is 13.4. The molecule has 1 unspecified atom stereocenters. The summed E-state index contributed by atoms with van der Waals surface area (Å²) >= 11 is 0. The third-order valence-corrected chi connectivity index (χ3v) is 4.45. The molecule has 25 heavy (non-hydrogen) atoms. The van der Waals surface area contributed by atoms with Crippen molar-refractivity contribution in [1.29, 1.82) is 0 Å². The van der Waals surface area contributed by atoms with Crippen molar-refractivity contribution in [1.82, 2.24) is 4.98 Å². The van der Waals surface area contributed by atoms with E-state index in [0.717, 1.165) is 12.1 Å². The lowest BCUT2D eigenvalue weighted by Crippen LogP contribution is -2.50. The fourth-order valence-corrected chi connectivity index (χ4v) is 3.37. The molecular weight excluding hydrogens is 335 g/mol. The van der Waals surface area contributed by atoms with Gasteiger partial charge in [0.15, 0.2) is 0 Å². The number of piperidine rings is 1. The molecule has 1 atom stereocenters. The summed E-state index contributed by atoms with van der Waals surface area (Å²) in [6.45, 7) is 0.817. The average Bonchev–Trinajstić information content (AvgIpc) is 2.51. The van der Waals surface area contributed by atoms with Crippen molar-refractivity contribution in [3.63, 3.8) is 0 Å². The Labute approximate surface area is 142 Å². The molecular formula is C17H18F3N3O2. The Morgan fingerprint density at radius 2 is 2.12 bits per heavy atom. The first-order valence-corrected chi connectivity index (χ1v) is 7.90. The summed E-state index contributed by atoms with van der Waals surface area (Å²) in [5.41, 5.74) is 4.13. The Hall–Kier alpha value is -2.35. The number of aromatic nitrogens is 1. The molecule has 0 radical (unpaired) electrons. The Kier molecular flexibility index (Phi) is 4.32. The lowest BCUT2D eigenvalue weighted by Gasteiger charge is -2.40. The highest BCUT2D eigenvalue weighted by Gasteiger charge is 2.35. The van der Waals surface area contributed by atoms with E-state index in [1.54, 1.807) is 6.07 Å². The van der Waals surface area contributed by atoms with Crippen LogP contribution in [0, 0.1) is 0 Å². The Balaban J connectivity index is 1.97. The van der Waals surface area contributed by atoms with Crippen molar-refractivity contribution in [3.8, 4) is 0 Å². The predicted octanol–water partition coefficient (Wildman–Crippen LogP) is 2.46. The average molecular weight is 353 g/mol. The van der Waals surface area contributed by atoms with E-state index in [1.807, 2.05) is 4.90 Å². The van der Waals surface area contributed by atoms with Crippen molar-refractivity contribution >= 4 is 22.5 Å². The molecule has 1 amide bonds. The topological polar surface area (TPSA) is 79.5 Å². The van der Waals surface area contributed by atoms with Gasteiger partial charge in [0.1, 0.15) is 0 Å². The summed E-state index contributed by atoms with van der Waals surface area (Å²) in [5.74, 6) is -0.584. The molecule has 1 aromatic carbocycles. The van der Waals surface area contributed by atoms with Crippen LogP contribution in [0.25, 0.3) is 10.9 Å². The van der Waals surface area contributed by atoms with Crippen molar-refractivity contribution in [2.45, 2.75) is 31.0 Å². The number of carbonyl (C=O) groups is 1. The molecule has 5 nitrogen and oxygen atoms in total. The zero-order valence-electron chi connectivity index (χ0n) is 13.4. The zero-order chi connectivity index (χ0) is 18.2. The molecule has 0 spiro atoms. The second-order valence-electron chi connectivity index (χ2n) is 6.45. The lowest BCUT2D eigenvalue weighted by atomic mass is 9.89. The third-order valence-electron chi connectivity index (χ3n) is 4.45. The summed E-state index contributed by atoms with van der Waals surface area (Å²) in [6, 6.07) is 5.12. The van der Waals surface area contributed by atoms with Crippen LogP contribution in [0.15, 0.2) is 30.5 Å². The quantitative estimate of drug-likeness (QED) is 0.888. The van der Waals surface area contributed by atoms with Crippen LogP contribution < -0.4 is 10.6 Å². The normalized spacial score (nSPS) is 21.5. The minimum absolute atomic E-state index is 0.148. The van der Waals surface area contributed by atoms with Crippen LogP contribution in [-0.4, -0.2) is 34.7 Å². The maximum Gasteiger partial charge on any atom is 0.416 e. The van der Waals surface area contributed by atoms with Gasteiger partial charge in [-0.1, -0.05) is 6.07 Å². The smallest absolute Gasteiger partial charge is 0.388 e. The number of halogens is 3. The molecule has 1 saturated heterocycles. The minimum Gasteiger partial charge on any atom is -0.388 e. The van der Waals surface area contributed by atoms with Gasteiger partial charge in [-0.05, 0) is 31.0 Å². The molecule has 1 aliphatic rings. The molecule has 2 heterocycles. The van der Waals surface area contributed by atoms with Gasteiger partial charge in [-0.3, -0.25) is 9.78 Å². The number of amides is 1. The van der Waals surface area contributed by atoms with Crippen LogP contribution >= 0.6 is 0 Å². The van der Waals surface area contributed by atoms with Crippen LogP contribution in [0.1, 0.15) is 24.8 Å². The van der Waals surface area contributed by atoms with E-state index in [1.165, 1.54) is 12.3 Å². The lowest BCUT2D eigenvalue weighted by molar-refractivity contribution is -0.137. The van der Waals surface area contributed by atoms with Gasteiger partial charge in [-0.15, -0.1) is 0 Å². The summed E-state index contributed by atoms with van der Waals surface area (Å²) in [6.07, 6.45) is -2.04. The summed E-state index contributed by atoms with van der Waals surface area (Å²) in [5, 5.41) is 11.2. The number of carbonyl (C=O) groups excluding carboxylic acids is 1. The predicted molar refractivity (Wildman–Crippen MR) is 87.0 cm³/mol. The van der Waals surface area contributed by atoms with E-state index in [-0.39, 0.29) is 18.5 Å². The molecule has 1 aliphatic heterocycles. The molecule has 1 fully saturated rings. The number of fused-ring (bicyclic) bond motifs is 1. The van der Waals surface area contributed by atoms with Crippen LogP contribution in [-0.2, 0) is 11.0 Å². The SMILES string of the molecule is NC(=O)CC1(O)CCCN(c2ccnc3cc(C(F)(F)F)ccc23)C1. The number of hydrogen-bond donors (Lipinski definition) is 2. The number of hydrogen-bond acceptors (Lipinski definition) is 4. The number of nitrogens with two attached hydrogens (primary N) is 1. The van der Waals surface area contributed by atoms with E-state index >= 15 is 0 Å². The number of nitrogens with zero attached hydrogens (tertiary/aromatic N) is 2. The van der Waals surface area contributed by atoms with Crippen LogP contribution in [0.5, 0.6) is 0 Å². The fraction of sp³-hybridized carbons (Fsp3) is 0.412. The molecule has 3 rings (SSSR count). The van der Waals surface area contributed by atoms with Crippen LogP contribution in [0.2, 0.25) is 0 Å². The standard InChI is InChI=1S/C17H18F3N3O2/c18-17(19,20)11-2-3-12-13(8-11)22-6-4-14(12)23-7-1-5-16(25,10-23)9-15(21)24/h2-4,6,8,25H,1,5,7,9-10H2,(H2,21,24). The first-order chi connectivity index (χ1) is 11.7. The van der Waals surface area contributed by atoms with E-state index < -0.39 is 23.2 Å². The maximum atomic E-state index is 12.9. The highest BCUT2D eigenvalue weighted by atomic mass is 19.4. The number of aliphatic hydroxyl groups is 1. The van der Waals surface area contributed by atoms with Gasteiger partial charge in [0.25, 0.3) is 0 Å². The van der Waals surface area contributed by atoms with Crippen molar-refractivity contribution in [3.05, 3.63) is 36.0 Å². The van der Waals surface area contributed by atoms with Gasteiger partial charge in [0.2, 0.25) is 5.91 Å². The summed E-state index contributed by atoms with van der Waals surface area (Å²) in [7, 11) is 0. The maximum absolute atomic E-state index is 12.9. The van der Waals surface area contributed by atoms with Gasteiger partial charge in [0, 0.05) is 30.4 Å². The van der Waals surface area contributed by atoms with Gasteiger partial charge >= 0.3 is 6.18 Å². The highest BCUT2D eigenvalue weighted by molar-refractivity contribution is 5.92. The second-order valence-corrected chi connectivity index (χ2v) is 6.45. The first-order valence-electron chi connectivity index (χ1n) is 7.90. The van der Waals surface area contributed by atoms with E-state index in [0.29, 0.717) is 30.5 Å². The van der Waals surface area contributed by atoms with E-state index in [2.05, 4.69) is 4.98 Å². The van der Waals surface area contributed by atoms with E-state index in [4.69, 9.17) is 5.73 Å². The number of rotatable bonds is 3. The third kappa shape index (κ3) is 3.68. The highest BCUT2D eigenvalue weighted by Crippen LogP contribution is 2.35. The summed E-state index contributed by atoms with van der Waals surface area (Å²) < 4.78 is 38.6. The Morgan fingerprint density at radius 1 is 1.36 bits per heavy atom. The first kappa shape index (κ1) is 17.5. The van der Waals surface area contributed by atoms with Crippen LogP contribution in [0.4, 0.5) is 18.9 Å². The molecule has 1 aromatic heterocycles. The number of β-amino-alcohol motifs (C(OH)–C–C–N with tert-alkyl or cyclic N) is 1. The number of pyridine rings is 1. The monoisotopic (exact) mass is 353 g/mol. The molecule has 0 saturated carbocycles. The minimum atomic E-state index is -4.43.